The summed E-state index contributed by atoms with van der Waals surface area (Å²) in [5.41, 5.74) is 3.16. The van der Waals surface area contributed by atoms with Crippen LogP contribution >= 0.6 is 0 Å². The van der Waals surface area contributed by atoms with E-state index >= 15 is 0 Å². The van der Waals surface area contributed by atoms with E-state index in [1.54, 1.807) is 0 Å². The number of rotatable bonds is 6. The van der Waals surface area contributed by atoms with Gasteiger partial charge < -0.3 is 14.2 Å². The Morgan fingerprint density at radius 3 is 2.62 bits per heavy atom. The van der Waals surface area contributed by atoms with Gasteiger partial charge in [-0.05, 0) is 49.6 Å². The van der Waals surface area contributed by atoms with Crippen molar-refractivity contribution in [1.29, 1.82) is 0 Å². The molecule has 1 fully saturated rings. The van der Waals surface area contributed by atoms with Crippen LogP contribution in [-0.4, -0.2) is 33.4 Å². The highest BCUT2D eigenvalue weighted by atomic mass is 16.5. The SMILES string of the molecule is Cc1cccc(OCc2nc3ccccc3n2CCC(=O)N2CCCCCC2)c1. The molecule has 0 unspecified atom stereocenters. The minimum atomic E-state index is 0.246. The Kier molecular flexibility index (Phi) is 6.13. The molecule has 0 aliphatic carbocycles. The zero-order valence-corrected chi connectivity index (χ0v) is 17.1. The van der Waals surface area contributed by atoms with Crippen molar-refractivity contribution >= 4 is 16.9 Å². The molecule has 0 N–H and O–H groups in total. The number of para-hydroxylation sites is 2. The number of nitrogens with zero attached hydrogens (tertiary/aromatic N) is 3. The highest BCUT2D eigenvalue weighted by Crippen LogP contribution is 2.20. The minimum Gasteiger partial charge on any atom is -0.486 e. The zero-order valence-electron chi connectivity index (χ0n) is 17.1. The van der Waals surface area contributed by atoms with Crippen LogP contribution in [0.2, 0.25) is 0 Å². The molecule has 5 heteroatoms. The Bertz CT molecular complexity index is 971. The third kappa shape index (κ3) is 4.78. The predicted octanol–water partition coefficient (Wildman–Crippen LogP) is 4.72. The van der Waals surface area contributed by atoms with Gasteiger partial charge in [-0.2, -0.15) is 0 Å². The summed E-state index contributed by atoms with van der Waals surface area (Å²) in [6.45, 7) is 4.86. The molecule has 1 aliphatic rings. The average molecular weight is 392 g/mol. The predicted molar refractivity (Wildman–Crippen MR) is 115 cm³/mol. The van der Waals surface area contributed by atoms with Crippen LogP contribution in [0.25, 0.3) is 11.0 Å². The number of likely N-dealkylation sites (tertiary alicyclic amines) is 1. The molecule has 2 aromatic carbocycles. The van der Waals surface area contributed by atoms with Crippen LogP contribution in [0.4, 0.5) is 0 Å². The summed E-state index contributed by atoms with van der Waals surface area (Å²) < 4.78 is 8.14. The van der Waals surface area contributed by atoms with Crippen molar-refractivity contribution in [2.24, 2.45) is 0 Å². The number of aromatic nitrogens is 2. The lowest BCUT2D eigenvalue weighted by Gasteiger charge is -2.20. The molecule has 1 aliphatic heterocycles. The van der Waals surface area contributed by atoms with Crippen molar-refractivity contribution in [3.8, 4) is 5.75 Å². The van der Waals surface area contributed by atoms with Crippen LogP contribution in [0.15, 0.2) is 48.5 Å². The smallest absolute Gasteiger partial charge is 0.224 e. The van der Waals surface area contributed by atoms with Crippen molar-refractivity contribution in [2.75, 3.05) is 13.1 Å². The molecular formula is C24H29N3O2. The quantitative estimate of drug-likeness (QED) is 0.611. The van der Waals surface area contributed by atoms with Crippen molar-refractivity contribution in [2.45, 2.75) is 52.2 Å². The first kappa shape index (κ1) is 19.5. The second-order valence-corrected chi connectivity index (χ2v) is 7.82. The summed E-state index contributed by atoms with van der Waals surface area (Å²) in [4.78, 5) is 19.6. The lowest BCUT2D eigenvalue weighted by Crippen LogP contribution is -2.32. The monoisotopic (exact) mass is 391 g/mol. The van der Waals surface area contributed by atoms with E-state index in [1.807, 2.05) is 41.3 Å². The molecule has 0 atom stereocenters. The van der Waals surface area contributed by atoms with Crippen molar-refractivity contribution in [1.82, 2.24) is 14.5 Å². The highest BCUT2D eigenvalue weighted by Gasteiger charge is 2.17. The number of ether oxygens (including phenoxy) is 1. The number of hydrogen-bond donors (Lipinski definition) is 0. The molecule has 3 aromatic rings. The number of carbonyl (C=O) groups is 1. The van der Waals surface area contributed by atoms with Gasteiger partial charge in [0.05, 0.1) is 11.0 Å². The van der Waals surface area contributed by atoms with Crippen LogP contribution in [-0.2, 0) is 17.9 Å². The molecule has 0 bridgehead atoms. The number of hydrogen-bond acceptors (Lipinski definition) is 3. The van der Waals surface area contributed by atoms with Gasteiger partial charge in [-0.25, -0.2) is 4.98 Å². The molecule has 1 aromatic heterocycles. The third-order valence-electron chi connectivity index (χ3n) is 5.60. The van der Waals surface area contributed by atoms with Gasteiger partial charge in [-0.3, -0.25) is 4.79 Å². The molecule has 2 heterocycles. The summed E-state index contributed by atoms with van der Waals surface area (Å²) in [6, 6.07) is 16.1. The first-order valence-electron chi connectivity index (χ1n) is 10.6. The fraction of sp³-hybridized carbons (Fsp3) is 0.417. The Hall–Kier alpha value is -2.82. The van der Waals surface area contributed by atoms with Gasteiger partial charge in [0.2, 0.25) is 5.91 Å². The lowest BCUT2D eigenvalue weighted by atomic mass is 10.2. The van der Waals surface area contributed by atoms with Crippen LogP contribution in [0, 0.1) is 6.92 Å². The maximum absolute atomic E-state index is 12.8. The number of benzene rings is 2. The van der Waals surface area contributed by atoms with Crippen LogP contribution in [0.1, 0.15) is 43.5 Å². The summed E-state index contributed by atoms with van der Waals surface area (Å²) in [5, 5.41) is 0. The van der Waals surface area contributed by atoms with E-state index in [9.17, 15) is 4.79 Å². The highest BCUT2D eigenvalue weighted by molar-refractivity contribution is 5.78. The molecule has 29 heavy (non-hydrogen) atoms. The van der Waals surface area contributed by atoms with Gasteiger partial charge >= 0.3 is 0 Å². The molecule has 1 amide bonds. The van der Waals surface area contributed by atoms with E-state index < -0.39 is 0 Å². The van der Waals surface area contributed by atoms with E-state index in [0.29, 0.717) is 19.6 Å². The van der Waals surface area contributed by atoms with Crippen LogP contribution < -0.4 is 4.74 Å². The van der Waals surface area contributed by atoms with Crippen LogP contribution in [0.5, 0.6) is 5.75 Å². The summed E-state index contributed by atoms with van der Waals surface area (Å²) in [5.74, 6) is 1.94. The topological polar surface area (TPSA) is 47.4 Å². The third-order valence-corrected chi connectivity index (χ3v) is 5.60. The number of carbonyl (C=O) groups excluding carboxylic acids is 1. The Labute approximate surface area is 172 Å². The van der Waals surface area contributed by atoms with E-state index in [1.165, 1.54) is 18.4 Å². The molecule has 152 valence electrons. The normalized spacial score (nSPS) is 14.7. The molecule has 4 rings (SSSR count). The Balaban J connectivity index is 1.49. The fourth-order valence-electron chi connectivity index (χ4n) is 4.02. The summed E-state index contributed by atoms with van der Waals surface area (Å²) >= 11 is 0. The van der Waals surface area contributed by atoms with E-state index in [2.05, 4.69) is 23.6 Å². The summed E-state index contributed by atoms with van der Waals surface area (Å²) in [7, 11) is 0. The van der Waals surface area contributed by atoms with Gasteiger partial charge in [0.15, 0.2) is 0 Å². The molecule has 0 radical (unpaired) electrons. The lowest BCUT2D eigenvalue weighted by molar-refractivity contribution is -0.131. The van der Waals surface area contributed by atoms with Crippen molar-refractivity contribution in [3.63, 3.8) is 0 Å². The maximum Gasteiger partial charge on any atom is 0.224 e. The average Bonchev–Trinajstić information content (AvgIpc) is 2.89. The second kappa shape index (κ2) is 9.12. The molecular weight excluding hydrogens is 362 g/mol. The second-order valence-electron chi connectivity index (χ2n) is 7.82. The number of fused-ring (bicyclic) bond motifs is 1. The van der Waals surface area contributed by atoms with E-state index in [-0.39, 0.29) is 5.91 Å². The number of imidazole rings is 1. The Morgan fingerprint density at radius 2 is 1.83 bits per heavy atom. The van der Waals surface area contributed by atoms with E-state index in [0.717, 1.165) is 48.5 Å². The summed E-state index contributed by atoms with van der Waals surface area (Å²) in [6.07, 6.45) is 5.20. The van der Waals surface area contributed by atoms with Gasteiger partial charge in [0.25, 0.3) is 0 Å². The van der Waals surface area contributed by atoms with E-state index in [4.69, 9.17) is 9.72 Å². The molecule has 5 nitrogen and oxygen atoms in total. The van der Waals surface area contributed by atoms with Gasteiger partial charge in [0, 0.05) is 26.1 Å². The Morgan fingerprint density at radius 1 is 1.03 bits per heavy atom. The van der Waals surface area contributed by atoms with Crippen LogP contribution in [0.3, 0.4) is 0 Å². The van der Waals surface area contributed by atoms with Gasteiger partial charge in [0.1, 0.15) is 18.2 Å². The minimum absolute atomic E-state index is 0.246. The fourth-order valence-corrected chi connectivity index (χ4v) is 4.02. The standard InChI is InChI=1S/C24H29N3O2/c1-19-9-8-10-20(17-19)29-18-23-25-21-11-4-5-12-22(21)27(23)16-13-24(28)26-14-6-2-3-7-15-26/h4-5,8-12,17H,2-3,6-7,13-16,18H2,1H3. The molecule has 0 saturated carbocycles. The van der Waals surface area contributed by atoms with Gasteiger partial charge in [-0.1, -0.05) is 37.1 Å². The van der Waals surface area contributed by atoms with Crippen molar-refractivity contribution in [3.05, 3.63) is 59.9 Å². The number of amides is 1. The maximum atomic E-state index is 12.8. The molecule has 0 spiro atoms. The largest absolute Gasteiger partial charge is 0.486 e. The first-order chi connectivity index (χ1) is 14.2. The first-order valence-corrected chi connectivity index (χ1v) is 10.6. The number of aryl methyl sites for hydroxylation is 2. The van der Waals surface area contributed by atoms with Crippen molar-refractivity contribution < 1.29 is 9.53 Å². The molecule has 1 saturated heterocycles. The van der Waals surface area contributed by atoms with Gasteiger partial charge in [-0.15, -0.1) is 0 Å². The zero-order chi connectivity index (χ0) is 20.1.